The minimum atomic E-state index is 0.258. The molecule has 2 unspecified atom stereocenters. The number of nitrogens with zero attached hydrogens (tertiary/aromatic N) is 4. The van der Waals surface area contributed by atoms with E-state index in [4.69, 9.17) is 15.0 Å². The van der Waals surface area contributed by atoms with Gasteiger partial charge in [-0.1, -0.05) is 123 Å². The number of hydrogen-bond donors (Lipinski definition) is 0. The van der Waals surface area contributed by atoms with Crippen LogP contribution in [0, 0.1) is 29.1 Å². The molecule has 4 nitrogen and oxygen atoms in total. The Morgan fingerprint density at radius 1 is 0.569 bits per heavy atom. The summed E-state index contributed by atoms with van der Waals surface area (Å²) < 4.78 is 0. The van der Waals surface area contributed by atoms with Crippen LogP contribution in [0.1, 0.15) is 57.1 Å². The van der Waals surface area contributed by atoms with Crippen molar-refractivity contribution >= 4 is 21.5 Å². The van der Waals surface area contributed by atoms with Gasteiger partial charge in [-0.15, -0.1) is 0 Å². The third-order valence-corrected chi connectivity index (χ3v) is 11.5. The molecule has 0 amide bonds. The molecule has 7 aromatic rings. The van der Waals surface area contributed by atoms with E-state index in [1.807, 2.05) is 30.3 Å². The van der Waals surface area contributed by atoms with Crippen LogP contribution < -0.4 is 0 Å². The molecule has 0 N–H and O–H groups in total. The SMILES string of the molecule is C[C@@H]1CC2C[C@H](C)CC(c3ccc(-c4nc(-c5cccc(-c6ccccc6)c5)nc(-c5cc6ccccc6c6c(C#N)cccc56)n4)cc3)(C2)C1. The van der Waals surface area contributed by atoms with Gasteiger partial charge in [0.25, 0.3) is 0 Å². The summed E-state index contributed by atoms with van der Waals surface area (Å²) in [6, 6.07) is 46.8. The summed E-state index contributed by atoms with van der Waals surface area (Å²) in [5.41, 5.74) is 7.41. The van der Waals surface area contributed by atoms with Crippen LogP contribution in [-0.2, 0) is 5.41 Å². The Morgan fingerprint density at radius 2 is 1.20 bits per heavy atom. The standard InChI is InChI=1S/C47H40N4/c1-30-22-32-23-31(2)27-47(26-30,28-32)39-20-18-34(19-21-39)44-49-45(37-14-8-13-35(24-37)33-10-4-3-5-11-33)51-46(50-44)42-25-36-12-6-7-16-40(36)43-38(29-48)15-9-17-41(42)43/h3-21,24-25,30-32H,22-23,26-28H2,1-2H3/t30-,31+,32?,47?. The van der Waals surface area contributed by atoms with Gasteiger partial charge in [0.2, 0.25) is 0 Å². The molecule has 0 saturated heterocycles. The summed E-state index contributed by atoms with van der Waals surface area (Å²) in [5, 5.41) is 14.1. The smallest absolute Gasteiger partial charge is 0.164 e. The van der Waals surface area contributed by atoms with Crippen molar-refractivity contribution in [3.05, 3.63) is 139 Å². The normalized spacial score (nSPS) is 21.4. The Morgan fingerprint density at radius 3 is 1.96 bits per heavy atom. The molecule has 0 spiro atoms. The van der Waals surface area contributed by atoms with Crippen molar-refractivity contribution in [2.45, 2.75) is 51.4 Å². The monoisotopic (exact) mass is 660 g/mol. The summed E-state index contributed by atoms with van der Waals surface area (Å²) in [6.07, 6.45) is 6.57. The van der Waals surface area contributed by atoms with E-state index in [1.165, 1.54) is 37.7 Å². The van der Waals surface area contributed by atoms with Crippen LogP contribution in [0.3, 0.4) is 0 Å². The Bertz CT molecular complexity index is 2440. The van der Waals surface area contributed by atoms with E-state index >= 15 is 0 Å². The number of hydrogen-bond acceptors (Lipinski definition) is 4. The number of aromatic nitrogens is 3. The van der Waals surface area contributed by atoms with Gasteiger partial charge in [-0.25, -0.2) is 15.0 Å². The highest BCUT2D eigenvalue weighted by atomic mass is 15.0. The van der Waals surface area contributed by atoms with Crippen LogP contribution in [0.15, 0.2) is 127 Å². The maximum Gasteiger partial charge on any atom is 0.164 e. The molecule has 4 atom stereocenters. The van der Waals surface area contributed by atoms with Crippen LogP contribution in [0.2, 0.25) is 0 Å². The van der Waals surface area contributed by atoms with E-state index in [9.17, 15) is 5.26 Å². The summed E-state index contributed by atoms with van der Waals surface area (Å²) in [7, 11) is 0. The lowest BCUT2D eigenvalue weighted by Gasteiger charge is -2.50. The van der Waals surface area contributed by atoms with Crippen molar-refractivity contribution in [3.8, 4) is 51.4 Å². The molecule has 248 valence electrons. The van der Waals surface area contributed by atoms with Crippen LogP contribution in [-0.4, -0.2) is 15.0 Å². The Labute approximate surface area is 299 Å². The van der Waals surface area contributed by atoms with Gasteiger partial charge in [-0.3, -0.25) is 0 Å². The first-order valence-electron chi connectivity index (χ1n) is 18.3. The van der Waals surface area contributed by atoms with Crippen LogP contribution in [0.4, 0.5) is 0 Å². The first-order valence-corrected chi connectivity index (χ1v) is 18.3. The Hall–Kier alpha value is -5.66. The predicted molar refractivity (Wildman–Crippen MR) is 208 cm³/mol. The average molecular weight is 661 g/mol. The van der Waals surface area contributed by atoms with Crippen molar-refractivity contribution in [1.82, 2.24) is 15.0 Å². The molecule has 51 heavy (non-hydrogen) atoms. The van der Waals surface area contributed by atoms with Crippen LogP contribution in [0.5, 0.6) is 0 Å². The molecule has 2 aliphatic rings. The summed E-state index contributed by atoms with van der Waals surface area (Å²) in [4.78, 5) is 15.6. The largest absolute Gasteiger partial charge is 0.208 e. The minimum Gasteiger partial charge on any atom is -0.208 e. The van der Waals surface area contributed by atoms with Crippen LogP contribution in [0.25, 0.3) is 66.8 Å². The lowest BCUT2D eigenvalue weighted by molar-refractivity contribution is 0.0780. The highest BCUT2D eigenvalue weighted by Crippen LogP contribution is 2.54. The lowest BCUT2D eigenvalue weighted by Crippen LogP contribution is -2.42. The molecule has 4 heteroatoms. The highest BCUT2D eigenvalue weighted by molar-refractivity contribution is 6.15. The van der Waals surface area contributed by atoms with Crippen molar-refractivity contribution in [2.75, 3.05) is 0 Å². The van der Waals surface area contributed by atoms with E-state index in [0.717, 1.165) is 67.1 Å². The molecule has 2 aliphatic carbocycles. The van der Waals surface area contributed by atoms with Gasteiger partial charge in [0, 0.05) is 22.1 Å². The van der Waals surface area contributed by atoms with Crippen molar-refractivity contribution < 1.29 is 0 Å². The molecule has 2 fully saturated rings. The number of nitriles is 1. The first kappa shape index (κ1) is 31.3. The van der Waals surface area contributed by atoms with E-state index < -0.39 is 0 Å². The fourth-order valence-electron chi connectivity index (χ4n) is 9.68. The highest BCUT2D eigenvalue weighted by Gasteiger charge is 2.45. The van der Waals surface area contributed by atoms with Gasteiger partial charge in [-0.2, -0.15) is 5.26 Å². The fraction of sp³-hybridized carbons (Fsp3) is 0.234. The molecular formula is C47H40N4. The van der Waals surface area contributed by atoms with Crippen LogP contribution >= 0.6 is 0 Å². The first-order chi connectivity index (χ1) is 25.0. The van der Waals surface area contributed by atoms with Gasteiger partial charge < -0.3 is 0 Å². The Balaban J connectivity index is 1.22. The van der Waals surface area contributed by atoms with Gasteiger partial charge >= 0.3 is 0 Å². The molecule has 1 aromatic heterocycles. The topological polar surface area (TPSA) is 62.5 Å². The van der Waals surface area contributed by atoms with E-state index in [-0.39, 0.29) is 5.41 Å². The Kier molecular flexibility index (Phi) is 7.73. The van der Waals surface area contributed by atoms with E-state index in [2.05, 4.69) is 117 Å². The molecule has 0 radical (unpaired) electrons. The molecule has 2 bridgehead atoms. The second-order valence-electron chi connectivity index (χ2n) is 15.3. The van der Waals surface area contributed by atoms with Crippen molar-refractivity contribution in [1.29, 1.82) is 5.26 Å². The summed E-state index contributed by atoms with van der Waals surface area (Å²) in [6.45, 7) is 4.89. The minimum absolute atomic E-state index is 0.258. The molecule has 9 rings (SSSR count). The number of benzene rings is 6. The number of fused-ring (bicyclic) bond motifs is 5. The van der Waals surface area contributed by atoms with Gasteiger partial charge in [0.15, 0.2) is 17.5 Å². The van der Waals surface area contributed by atoms with E-state index in [0.29, 0.717) is 23.0 Å². The predicted octanol–water partition coefficient (Wildman–Crippen LogP) is 11.8. The molecule has 1 heterocycles. The third kappa shape index (κ3) is 5.68. The molecule has 6 aromatic carbocycles. The summed E-state index contributed by atoms with van der Waals surface area (Å²) >= 11 is 0. The van der Waals surface area contributed by atoms with Gasteiger partial charge in [0.1, 0.15) is 0 Å². The fourth-order valence-corrected chi connectivity index (χ4v) is 9.68. The summed E-state index contributed by atoms with van der Waals surface area (Å²) in [5.74, 6) is 4.21. The van der Waals surface area contributed by atoms with Crippen molar-refractivity contribution in [3.63, 3.8) is 0 Å². The molecular weight excluding hydrogens is 621 g/mol. The zero-order chi connectivity index (χ0) is 34.5. The lowest BCUT2D eigenvalue weighted by atomic mass is 9.54. The van der Waals surface area contributed by atoms with E-state index in [1.54, 1.807) is 0 Å². The number of rotatable bonds is 5. The second-order valence-corrected chi connectivity index (χ2v) is 15.3. The second kappa shape index (κ2) is 12.6. The zero-order valence-corrected chi connectivity index (χ0v) is 29.2. The zero-order valence-electron chi connectivity index (χ0n) is 29.2. The quantitative estimate of drug-likeness (QED) is 0.172. The maximum atomic E-state index is 10.2. The average Bonchev–Trinajstić information content (AvgIpc) is 3.17. The van der Waals surface area contributed by atoms with Crippen molar-refractivity contribution in [2.24, 2.45) is 17.8 Å². The molecule has 2 saturated carbocycles. The van der Waals surface area contributed by atoms with Gasteiger partial charge in [-0.05, 0) is 106 Å². The molecule has 0 aliphatic heterocycles. The third-order valence-electron chi connectivity index (χ3n) is 11.5. The maximum absolute atomic E-state index is 10.2. The van der Waals surface area contributed by atoms with Gasteiger partial charge in [0.05, 0.1) is 11.6 Å².